The Morgan fingerprint density at radius 2 is 1.88 bits per heavy atom. The van der Waals surface area contributed by atoms with Gasteiger partial charge in [-0.3, -0.25) is 23.8 Å². The third-order valence-corrected chi connectivity index (χ3v) is 7.55. The van der Waals surface area contributed by atoms with Crippen LogP contribution >= 0.6 is 11.6 Å². The van der Waals surface area contributed by atoms with Crippen LogP contribution in [0.15, 0.2) is 47.5 Å². The number of aromatic nitrogens is 5. The zero-order valence-electron chi connectivity index (χ0n) is 23.1. The van der Waals surface area contributed by atoms with Gasteiger partial charge < -0.3 is 10.0 Å². The molecule has 0 aliphatic carbocycles. The van der Waals surface area contributed by atoms with Crippen LogP contribution in [-0.2, 0) is 6.54 Å². The minimum Gasteiger partial charge on any atom is -0.494 e. The van der Waals surface area contributed by atoms with E-state index < -0.39 is 58.2 Å². The number of carbonyl (C=O) groups is 1. The second-order valence-electron chi connectivity index (χ2n) is 10.5. The van der Waals surface area contributed by atoms with Crippen molar-refractivity contribution in [3.05, 3.63) is 92.4 Å². The van der Waals surface area contributed by atoms with Gasteiger partial charge >= 0.3 is 0 Å². The molecule has 1 aliphatic heterocycles. The molecule has 2 unspecified atom stereocenters. The van der Waals surface area contributed by atoms with E-state index in [2.05, 4.69) is 15.1 Å². The average molecular weight is 601 g/mol. The smallest absolute Gasteiger partial charge is 0.290 e. The fourth-order valence-corrected chi connectivity index (χ4v) is 5.58. The first-order valence-electron chi connectivity index (χ1n) is 13.4. The van der Waals surface area contributed by atoms with E-state index in [9.17, 15) is 27.9 Å². The Bertz CT molecular complexity index is 1700. The molecule has 0 spiro atoms. The summed E-state index contributed by atoms with van der Waals surface area (Å²) < 4.78 is 46.0. The summed E-state index contributed by atoms with van der Waals surface area (Å²) in [6.07, 6.45) is 3.34. The number of aromatic hydroxyl groups is 1. The first-order valence-corrected chi connectivity index (χ1v) is 13.8. The Morgan fingerprint density at radius 3 is 2.50 bits per heavy atom. The summed E-state index contributed by atoms with van der Waals surface area (Å²) in [6, 6.07) is 4.76. The molecule has 9 nitrogen and oxygen atoms in total. The maximum absolute atomic E-state index is 14.5. The zero-order valence-corrected chi connectivity index (χ0v) is 23.8. The van der Waals surface area contributed by atoms with Crippen LogP contribution in [0.1, 0.15) is 60.8 Å². The standard InChI is InChI=1S/C29H28ClF3N6O3/c1-4-38-8-6-22(36-38)26-35-27(40)23(28(41)37-7-5-16(14-37)24-21(33)11-18(30)13-34-24)29(42)39(26)25(15(2)3)17-9-19(31)12-20(32)10-17/h6,8-13,15-16,25,42H,4-5,7,14H2,1-3H3. The predicted octanol–water partition coefficient (Wildman–Crippen LogP) is 5.17. The van der Waals surface area contributed by atoms with Crippen molar-refractivity contribution in [3.63, 3.8) is 0 Å². The minimum absolute atomic E-state index is 0.0363. The fourth-order valence-electron chi connectivity index (χ4n) is 5.44. The molecular formula is C29H28ClF3N6O3. The van der Waals surface area contributed by atoms with Crippen molar-refractivity contribution >= 4 is 17.5 Å². The maximum atomic E-state index is 14.5. The van der Waals surface area contributed by atoms with Crippen LogP contribution in [-0.4, -0.2) is 53.3 Å². The van der Waals surface area contributed by atoms with E-state index in [-0.39, 0.29) is 40.9 Å². The van der Waals surface area contributed by atoms with Crippen molar-refractivity contribution < 1.29 is 23.1 Å². The number of halogens is 4. The molecule has 1 amide bonds. The third-order valence-electron chi connectivity index (χ3n) is 7.34. The number of benzene rings is 1. The molecule has 3 aromatic heterocycles. The molecule has 4 aromatic rings. The number of hydrogen-bond acceptors (Lipinski definition) is 6. The zero-order chi connectivity index (χ0) is 30.3. The van der Waals surface area contributed by atoms with E-state index in [1.54, 1.807) is 30.8 Å². The molecule has 1 N–H and O–H groups in total. The van der Waals surface area contributed by atoms with Gasteiger partial charge in [-0.15, -0.1) is 0 Å². The number of nitrogens with zero attached hydrogens (tertiary/aromatic N) is 6. The molecule has 1 fully saturated rings. The molecule has 1 aromatic carbocycles. The number of amides is 1. The third kappa shape index (κ3) is 5.50. The number of rotatable bonds is 7. The summed E-state index contributed by atoms with van der Waals surface area (Å²) in [5.41, 5.74) is -1.09. The van der Waals surface area contributed by atoms with Gasteiger partial charge in [0, 0.05) is 44.0 Å². The lowest BCUT2D eigenvalue weighted by atomic mass is 9.94. The highest BCUT2D eigenvalue weighted by Gasteiger charge is 2.36. The first-order chi connectivity index (χ1) is 20.0. The number of aryl methyl sites for hydroxylation is 1. The SMILES string of the molecule is CCn1ccc(-c2nc(=O)c(C(=O)N3CCC(c4ncc(Cl)cc4F)C3)c(O)n2C(c2cc(F)cc(F)c2)C(C)C)n1. The lowest BCUT2D eigenvalue weighted by molar-refractivity contribution is 0.0783. The van der Waals surface area contributed by atoms with E-state index in [1.807, 2.05) is 6.92 Å². The quantitative estimate of drug-likeness (QED) is 0.314. The lowest BCUT2D eigenvalue weighted by Gasteiger charge is -2.29. The van der Waals surface area contributed by atoms with Crippen molar-refractivity contribution in [2.24, 2.45) is 5.92 Å². The van der Waals surface area contributed by atoms with Gasteiger partial charge in [-0.1, -0.05) is 25.4 Å². The molecule has 13 heteroatoms. The van der Waals surface area contributed by atoms with Crippen LogP contribution in [0.25, 0.3) is 11.5 Å². The monoisotopic (exact) mass is 600 g/mol. The first kappa shape index (κ1) is 29.3. The lowest BCUT2D eigenvalue weighted by Crippen LogP contribution is -2.35. The molecule has 4 heterocycles. The Balaban J connectivity index is 1.63. The van der Waals surface area contributed by atoms with Crippen LogP contribution in [0.5, 0.6) is 5.88 Å². The molecule has 42 heavy (non-hydrogen) atoms. The highest BCUT2D eigenvalue weighted by molar-refractivity contribution is 6.30. The highest BCUT2D eigenvalue weighted by Crippen LogP contribution is 2.37. The van der Waals surface area contributed by atoms with Crippen LogP contribution in [0.4, 0.5) is 13.2 Å². The molecule has 1 aliphatic rings. The van der Waals surface area contributed by atoms with Crippen molar-refractivity contribution in [3.8, 4) is 17.4 Å². The molecule has 5 rings (SSSR count). The summed E-state index contributed by atoms with van der Waals surface area (Å²) in [4.78, 5) is 36.7. The Morgan fingerprint density at radius 1 is 1.17 bits per heavy atom. The fraction of sp³-hybridized carbons (Fsp3) is 0.345. The van der Waals surface area contributed by atoms with E-state index in [0.717, 1.165) is 24.3 Å². The van der Waals surface area contributed by atoms with Gasteiger partial charge in [-0.25, -0.2) is 13.2 Å². The van der Waals surface area contributed by atoms with Gasteiger partial charge in [0.2, 0.25) is 5.88 Å². The van der Waals surface area contributed by atoms with E-state index in [1.165, 1.54) is 15.7 Å². The number of hydrogen-bond donors (Lipinski definition) is 1. The normalized spacial score (nSPS) is 15.9. The van der Waals surface area contributed by atoms with E-state index in [4.69, 9.17) is 11.6 Å². The van der Waals surface area contributed by atoms with E-state index >= 15 is 0 Å². The maximum Gasteiger partial charge on any atom is 0.290 e. The summed E-state index contributed by atoms with van der Waals surface area (Å²) in [5, 5.41) is 16.2. The van der Waals surface area contributed by atoms with Crippen LogP contribution in [0, 0.1) is 23.4 Å². The summed E-state index contributed by atoms with van der Waals surface area (Å²) in [6.45, 7) is 6.10. The Kier molecular flexibility index (Phi) is 8.09. The van der Waals surface area contributed by atoms with Gasteiger partial charge in [0.05, 0.1) is 16.8 Å². The van der Waals surface area contributed by atoms with Gasteiger partial charge in [0.25, 0.3) is 11.5 Å². The van der Waals surface area contributed by atoms with Crippen LogP contribution in [0.3, 0.4) is 0 Å². The number of pyridine rings is 1. The molecule has 0 radical (unpaired) electrons. The molecule has 220 valence electrons. The predicted molar refractivity (Wildman–Crippen MR) is 149 cm³/mol. The topological polar surface area (TPSA) is 106 Å². The summed E-state index contributed by atoms with van der Waals surface area (Å²) >= 11 is 5.82. The Labute approximate surface area is 244 Å². The Hall–Kier alpha value is -4.19. The van der Waals surface area contributed by atoms with Crippen molar-refractivity contribution in [1.29, 1.82) is 0 Å². The summed E-state index contributed by atoms with van der Waals surface area (Å²) in [7, 11) is 0. The molecule has 0 bridgehead atoms. The number of carbonyl (C=O) groups excluding carboxylic acids is 1. The van der Waals surface area contributed by atoms with Crippen LogP contribution < -0.4 is 5.56 Å². The van der Waals surface area contributed by atoms with Gasteiger partial charge in [0.15, 0.2) is 11.4 Å². The van der Waals surface area contributed by atoms with E-state index in [0.29, 0.717) is 13.0 Å². The molecular weight excluding hydrogens is 573 g/mol. The molecule has 0 saturated carbocycles. The van der Waals surface area contributed by atoms with Crippen LogP contribution in [0.2, 0.25) is 5.02 Å². The second kappa shape index (κ2) is 11.6. The summed E-state index contributed by atoms with van der Waals surface area (Å²) in [5.74, 6) is -4.72. The molecule has 2 atom stereocenters. The van der Waals surface area contributed by atoms with Gasteiger partial charge in [-0.2, -0.15) is 10.1 Å². The highest BCUT2D eigenvalue weighted by atomic mass is 35.5. The largest absolute Gasteiger partial charge is 0.494 e. The average Bonchev–Trinajstić information content (AvgIpc) is 3.59. The second-order valence-corrected chi connectivity index (χ2v) is 11.0. The van der Waals surface area contributed by atoms with Crippen molar-refractivity contribution in [1.82, 2.24) is 29.2 Å². The van der Waals surface area contributed by atoms with Gasteiger partial charge in [-0.05, 0) is 49.1 Å². The molecule has 1 saturated heterocycles. The van der Waals surface area contributed by atoms with Gasteiger partial charge in [0.1, 0.15) is 23.1 Å². The minimum atomic E-state index is -0.998. The van der Waals surface area contributed by atoms with Crippen molar-refractivity contribution in [2.75, 3.05) is 13.1 Å². The van der Waals surface area contributed by atoms with Crippen molar-refractivity contribution in [2.45, 2.75) is 45.7 Å². The number of likely N-dealkylation sites (tertiary alicyclic amines) is 1.